The lowest BCUT2D eigenvalue weighted by Gasteiger charge is -2.28. The Morgan fingerprint density at radius 1 is 1.00 bits per heavy atom. The highest BCUT2D eigenvalue weighted by Gasteiger charge is 2.47. The first-order valence-electron chi connectivity index (χ1n) is 8.44. The van der Waals surface area contributed by atoms with Gasteiger partial charge in [0, 0.05) is 12.6 Å². The second-order valence-electron chi connectivity index (χ2n) is 6.94. The van der Waals surface area contributed by atoms with Crippen LogP contribution in [0.2, 0.25) is 0 Å². The van der Waals surface area contributed by atoms with Crippen molar-refractivity contribution in [1.29, 1.82) is 0 Å². The first-order chi connectivity index (χ1) is 12.2. The second kappa shape index (κ2) is 7.13. The van der Waals surface area contributed by atoms with Crippen molar-refractivity contribution in [2.75, 3.05) is 18.6 Å². The van der Waals surface area contributed by atoms with Gasteiger partial charge in [-0.25, -0.2) is 16.8 Å². The fourth-order valence-corrected chi connectivity index (χ4v) is 8.30. The van der Waals surface area contributed by atoms with Crippen LogP contribution in [-0.2, 0) is 26.2 Å². The Balaban J connectivity index is 1.92. The molecular formula is C19H23NO4S2. The molecule has 1 saturated heterocycles. The minimum absolute atomic E-state index is 0.133. The molecule has 0 N–H and O–H groups in total. The van der Waals surface area contributed by atoms with Crippen molar-refractivity contribution in [3.05, 3.63) is 65.7 Å². The van der Waals surface area contributed by atoms with E-state index in [0.29, 0.717) is 6.54 Å². The molecule has 5 nitrogen and oxygen atoms in total. The van der Waals surface area contributed by atoms with Gasteiger partial charge < -0.3 is 0 Å². The van der Waals surface area contributed by atoms with E-state index in [-0.39, 0.29) is 16.4 Å². The number of rotatable bonds is 5. The van der Waals surface area contributed by atoms with Gasteiger partial charge in [0.25, 0.3) is 0 Å². The Morgan fingerprint density at radius 3 is 2.23 bits per heavy atom. The Bertz CT molecular complexity index is 968. The van der Waals surface area contributed by atoms with E-state index in [1.807, 2.05) is 42.2 Å². The number of sulfone groups is 2. The summed E-state index contributed by atoms with van der Waals surface area (Å²) in [4.78, 5) is 2.03. The normalized spacial score (nSPS) is 22.6. The Labute approximate surface area is 155 Å². The van der Waals surface area contributed by atoms with Crippen molar-refractivity contribution in [2.24, 2.45) is 0 Å². The van der Waals surface area contributed by atoms with Gasteiger partial charge in [0.2, 0.25) is 0 Å². The van der Waals surface area contributed by atoms with Crippen LogP contribution in [0.1, 0.15) is 11.1 Å². The van der Waals surface area contributed by atoms with E-state index < -0.39 is 31.0 Å². The highest BCUT2D eigenvalue weighted by molar-refractivity contribution is 7.96. The number of hydrogen-bond donors (Lipinski definition) is 0. The maximum Gasteiger partial charge on any atom is 0.183 e. The van der Waals surface area contributed by atoms with Crippen LogP contribution in [0.4, 0.5) is 0 Å². The van der Waals surface area contributed by atoms with Crippen LogP contribution >= 0.6 is 0 Å². The minimum Gasteiger partial charge on any atom is -0.297 e. The van der Waals surface area contributed by atoms with Crippen LogP contribution < -0.4 is 0 Å². The fraction of sp³-hybridized carbons (Fsp3) is 0.368. The standard InChI is InChI=1S/C19H23NO4S2/c1-15-8-10-17(11-9-15)26(23,24)19-14-25(21,22)13-18(19)20(2)12-16-6-4-3-5-7-16/h3-11,18-19H,12-14H2,1-2H3/t18-,19-/m1/s1. The summed E-state index contributed by atoms with van der Waals surface area (Å²) in [6.07, 6.45) is 0. The average molecular weight is 394 g/mol. The van der Waals surface area contributed by atoms with E-state index >= 15 is 0 Å². The van der Waals surface area contributed by atoms with Gasteiger partial charge >= 0.3 is 0 Å². The molecule has 0 aliphatic carbocycles. The summed E-state index contributed by atoms with van der Waals surface area (Å²) in [5, 5.41) is -0.955. The molecule has 1 heterocycles. The third-order valence-electron chi connectivity index (χ3n) is 4.86. The van der Waals surface area contributed by atoms with Gasteiger partial charge in [-0.15, -0.1) is 0 Å². The van der Waals surface area contributed by atoms with E-state index in [1.165, 1.54) is 0 Å². The number of hydrogen-bond acceptors (Lipinski definition) is 5. The van der Waals surface area contributed by atoms with Crippen LogP contribution in [0.5, 0.6) is 0 Å². The molecule has 140 valence electrons. The topological polar surface area (TPSA) is 71.5 Å². The molecule has 1 aliphatic rings. The molecule has 0 spiro atoms. The molecule has 0 bridgehead atoms. The summed E-state index contributed by atoms with van der Waals surface area (Å²) in [7, 11) is -5.35. The number of aryl methyl sites for hydroxylation is 1. The number of benzene rings is 2. The lowest BCUT2D eigenvalue weighted by atomic mass is 10.1. The first-order valence-corrected chi connectivity index (χ1v) is 11.8. The molecule has 2 aromatic rings. The molecule has 1 fully saturated rings. The van der Waals surface area contributed by atoms with Crippen molar-refractivity contribution in [3.63, 3.8) is 0 Å². The maximum absolute atomic E-state index is 13.1. The quantitative estimate of drug-likeness (QED) is 0.778. The molecule has 2 aromatic carbocycles. The number of nitrogens with zero attached hydrogens (tertiary/aromatic N) is 1. The highest BCUT2D eigenvalue weighted by atomic mass is 32.2. The monoisotopic (exact) mass is 393 g/mol. The molecule has 26 heavy (non-hydrogen) atoms. The van der Waals surface area contributed by atoms with Crippen molar-refractivity contribution in [2.45, 2.75) is 29.7 Å². The molecule has 2 atom stereocenters. The van der Waals surface area contributed by atoms with Gasteiger partial charge in [-0.2, -0.15) is 0 Å². The molecular weight excluding hydrogens is 370 g/mol. The highest BCUT2D eigenvalue weighted by Crippen LogP contribution is 2.29. The summed E-state index contributed by atoms with van der Waals surface area (Å²) in [6, 6.07) is 15.7. The van der Waals surface area contributed by atoms with Gasteiger partial charge in [-0.1, -0.05) is 48.0 Å². The Hall–Kier alpha value is -1.70. The molecule has 0 unspecified atom stereocenters. The SMILES string of the molecule is Cc1ccc(S(=O)(=O)[C@@H]2CS(=O)(=O)C[C@H]2N(C)Cc2ccccc2)cc1. The summed E-state index contributed by atoms with van der Waals surface area (Å²) in [5.74, 6) is -0.459. The van der Waals surface area contributed by atoms with E-state index in [2.05, 4.69) is 0 Å². The zero-order valence-corrected chi connectivity index (χ0v) is 16.5. The maximum atomic E-state index is 13.1. The molecule has 7 heteroatoms. The van der Waals surface area contributed by atoms with Crippen LogP contribution in [0.15, 0.2) is 59.5 Å². The van der Waals surface area contributed by atoms with Crippen molar-refractivity contribution in [3.8, 4) is 0 Å². The molecule has 3 rings (SSSR count). The van der Waals surface area contributed by atoms with E-state index in [0.717, 1.165) is 11.1 Å². The zero-order chi connectivity index (χ0) is 18.9. The molecule has 0 amide bonds. The van der Waals surface area contributed by atoms with Gasteiger partial charge in [0.05, 0.1) is 21.7 Å². The van der Waals surface area contributed by atoms with Gasteiger partial charge in [0.1, 0.15) is 0 Å². The summed E-state index contributed by atoms with van der Waals surface area (Å²) < 4.78 is 50.7. The lowest BCUT2D eigenvalue weighted by molar-refractivity contribution is 0.255. The lowest BCUT2D eigenvalue weighted by Crippen LogP contribution is -2.44. The third-order valence-corrected chi connectivity index (χ3v) is 9.00. The van der Waals surface area contributed by atoms with E-state index in [9.17, 15) is 16.8 Å². The third kappa shape index (κ3) is 4.00. The summed E-state index contributed by atoms with van der Waals surface area (Å²) in [6.45, 7) is 2.38. The van der Waals surface area contributed by atoms with Crippen molar-refractivity contribution < 1.29 is 16.8 Å². The minimum atomic E-state index is -3.73. The molecule has 0 radical (unpaired) electrons. The molecule has 1 aliphatic heterocycles. The largest absolute Gasteiger partial charge is 0.297 e. The van der Waals surface area contributed by atoms with Gasteiger partial charge in [-0.3, -0.25) is 4.90 Å². The molecule has 0 aromatic heterocycles. The summed E-state index contributed by atoms with van der Waals surface area (Å²) in [5.41, 5.74) is 1.98. The predicted molar refractivity (Wildman–Crippen MR) is 103 cm³/mol. The van der Waals surface area contributed by atoms with E-state index in [4.69, 9.17) is 0 Å². The zero-order valence-electron chi connectivity index (χ0n) is 14.9. The smallest absolute Gasteiger partial charge is 0.183 e. The Kier molecular flexibility index (Phi) is 5.23. The van der Waals surface area contributed by atoms with Gasteiger partial charge in [0.15, 0.2) is 19.7 Å². The van der Waals surface area contributed by atoms with Crippen molar-refractivity contribution in [1.82, 2.24) is 4.90 Å². The average Bonchev–Trinajstić information content (AvgIpc) is 2.93. The van der Waals surface area contributed by atoms with Crippen LogP contribution in [0, 0.1) is 6.92 Å². The van der Waals surface area contributed by atoms with Crippen LogP contribution in [0.25, 0.3) is 0 Å². The van der Waals surface area contributed by atoms with Crippen molar-refractivity contribution >= 4 is 19.7 Å². The van der Waals surface area contributed by atoms with E-state index in [1.54, 1.807) is 31.3 Å². The molecule has 0 saturated carbocycles. The fourth-order valence-electron chi connectivity index (χ4n) is 3.40. The Morgan fingerprint density at radius 2 is 1.62 bits per heavy atom. The summed E-state index contributed by atoms with van der Waals surface area (Å²) >= 11 is 0. The second-order valence-corrected chi connectivity index (χ2v) is 11.3. The van der Waals surface area contributed by atoms with Crippen LogP contribution in [-0.4, -0.2) is 51.6 Å². The van der Waals surface area contributed by atoms with Gasteiger partial charge in [-0.05, 0) is 31.7 Å². The van der Waals surface area contributed by atoms with Crippen LogP contribution in [0.3, 0.4) is 0 Å². The first kappa shape index (κ1) is 19.1. The predicted octanol–water partition coefficient (Wildman–Crippen LogP) is 2.07.